The molecule has 0 aromatic carbocycles. The van der Waals surface area contributed by atoms with Crippen LogP contribution in [0.2, 0.25) is 0 Å². The average molecular weight is 242 g/mol. The van der Waals surface area contributed by atoms with Gasteiger partial charge in [0.1, 0.15) is 0 Å². The first-order chi connectivity index (χ1) is 8.13. The van der Waals surface area contributed by atoms with Crippen molar-refractivity contribution in [2.24, 2.45) is 17.6 Å². The minimum Gasteiger partial charge on any atom is -0.385 e. The molecule has 2 atom stereocenters. The lowest BCUT2D eigenvalue weighted by atomic mass is 9.89. The maximum absolute atomic E-state index is 6.11. The van der Waals surface area contributed by atoms with Crippen LogP contribution in [0.25, 0.3) is 0 Å². The van der Waals surface area contributed by atoms with Gasteiger partial charge in [0.05, 0.1) is 0 Å². The van der Waals surface area contributed by atoms with Gasteiger partial charge in [-0.3, -0.25) is 0 Å². The van der Waals surface area contributed by atoms with Crippen LogP contribution in [0.3, 0.4) is 0 Å². The van der Waals surface area contributed by atoms with E-state index in [1.807, 2.05) is 0 Å². The van der Waals surface area contributed by atoms with Crippen LogP contribution in [-0.2, 0) is 4.74 Å². The van der Waals surface area contributed by atoms with Crippen molar-refractivity contribution in [2.45, 2.75) is 45.6 Å². The molecular formula is C14H30N2O. The molecule has 0 aromatic rings. The van der Waals surface area contributed by atoms with Gasteiger partial charge in [0.2, 0.25) is 0 Å². The molecule has 2 unspecified atom stereocenters. The van der Waals surface area contributed by atoms with Crippen molar-refractivity contribution in [2.75, 3.05) is 33.4 Å². The van der Waals surface area contributed by atoms with E-state index in [0.717, 1.165) is 31.4 Å². The van der Waals surface area contributed by atoms with E-state index in [-0.39, 0.29) is 6.04 Å². The Morgan fingerprint density at radius 2 is 2.06 bits per heavy atom. The summed E-state index contributed by atoms with van der Waals surface area (Å²) in [5.74, 6) is 1.74. The summed E-state index contributed by atoms with van der Waals surface area (Å²) in [7, 11) is 1.74. The van der Waals surface area contributed by atoms with Gasteiger partial charge in [-0.15, -0.1) is 0 Å². The van der Waals surface area contributed by atoms with Gasteiger partial charge in [0.15, 0.2) is 0 Å². The lowest BCUT2D eigenvalue weighted by Gasteiger charge is -2.24. The molecule has 1 aliphatic heterocycles. The Morgan fingerprint density at radius 3 is 2.71 bits per heavy atom. The van der Waals surface area contributed by atoms with Crippen molar-refractivity contribution in [1.29, 1.82) is 0 Å². The van der Waals surface area contributed by atoms with Gasteiger partial charge in [-0.1, -0.05) is 13.8 Å². The Kier molecular flexibility index (Phi) is 7.09. The van der Waals surface area contributed by atoms with Crippen molar-refractivity contribution in [3.05, 3.63) is 0 Å². The van der Waals surface area contributed by atoms with Crippen LogP contribution in [0.1, 0.15) is 39.5 Å². The monoisotopic (exact) mass is 242 g/mol. The number of hydrogen-bond acceptors (Lipinski definition) is 3. The molecule has 1 fully saturated rings. The van der Waals surface area contributed by atoms with Crippen molar-refractivity contribution in [3.8, 4) is 0 Å². The molecule has 0 amide bonds. The summed E-state index contributed by atoms with van der Waals surface area (Å²) in [4.78, 5) is 2.54. The molecule has 0 saturated carbocycles. The fourth-order valence-electron chi connectivity index (χ4n) is 2.72. The van der Waals surface area contributed by atoms with Gasteiger partial charge in [-0.2, -0.15) is 0 Å². The third-order valence-corrected chi connectivity index (χ3v) is 3.99. The molecule has 3 heteroatoms. The normalized spacial score (nSPS) is 24.9. The Bertz CT molecular complexity index is 197. The highest BCUT2D eigenvalue weighted by molar-refractivity contribution is 4.75. The molecule has 102 valence electrons. The molecule has 1 saturated heterocycles. The summed E-state index contributed by atoms with van der Waals surface area (Å²) in [6.07, 6.45) is 5.04. The quantitative estimate of drug-likeness (QED) is 0.775. The van der Waals surface area contributed by atoms with Gasteiger partial charge in [-0.05, 0) is 50.6 Å². The third kappa shape index (κ3) is 5.84. The zero-order valence-electron chi connectivity index (χ0n) is 11.8. The number of methoxy groups -OCH3 is 1. The van der Waals surface area contributed by atoms with E-state index in [2.05, 4.69) is 18.7 Å². The molecule has 17 heavy (non-hydrogen) atoms. The largest absolute Gasteiger partial charge is 0.385 e. The van der Waals surface area contributed by atoms with Crippen molar-refractivity contribution >= 4 is 0 Å². The zero-order chi connectivity index (χ0) is 12.7. The van der Waals surface area contributed by atoms with Gasteiger partial charge >= 0.3 is 0 Å². The van der Waals surface area contributed by atoms with E-state index in [4.69, 9.17) is 10.5 Å². The molecule has 0 spiro atoms. The maximum atomic E-state index is 6.11. The molecule has 0 bridgehead atoms. The van der Waals surface area contributed by atoms with Crippen molar-refractivity contribution in [3.63, 3.8) is 0 Å². The van der Waals surface area contributed by atoms with Crippen LogP contribution in [0.15, 0.2) is 0 Å². The van der Waals surface area contributed by atoms with Crippen molar-refractivity contribution < 1.29 is 4.74 Å². The zero-order valence-corrected chi connectivity index (χ0v) is 11.8. The Labute approximate surface area is 107 Å². The minimum absolute atomic E-state index is 0.269. The molecule has 0 aliphatic carbocycles. The highest BCUT2D eigenvalue weighted by Crippen LogP contribution is 2.24. The molecule has 3 nitrogen and oxygen atoms in total. The number of rotatable bonds is 6. The summed E-state index contributed by atoms with van der Waals surface area (Å²) in [6, 6.07) is 0.269. The van der Waals surface area contributed by atoms with Crippen LogP contribution in [0, 0.1) is 11.8 Å². The van der Waals surface area contributed by atoms with Crippen LogP contribution >= 0.6 is 0 Å². The second-order valence-electron chi connectivity index (χ2n) is 5.78. The summed E-state index contributed by atoms with van der Waals surface area (Å²) in [5.41, 5.74) is 6.11. The summed E-state index contributed by atoms with van der Waals surface area (Å²) in [5, 5.41) is 0. The Balaban J connectivity index is 2.26. The lowest BCUT2D eigenvalue weighted by Crippen LogP contribution is -2.38. The number of ether oxygens (including phenoxy) is 1. The predicted octanol–water partition coefficient (Wildman–Crippen LogP) is 2.11. The minimum atomic E-state index is 0.269. The summed E-state index contributed by atoms with van der Waals surface area (Å²) < 4.78 is 5.08. The van der Waals surface area contributed by atoms with Gasteiger partial charge < -0.3 is 15.4 Å². The van der Waals surface area contributed by atoms with Crippen molar-refractivity contribution in [1.82, 2.24) is 4.90 Å². The molecule has 1 aliphatic rings. The number of nitrogens with two attached hydrogens (primary N) is 1. The molecule has 0 radical (unpaired) electrons. The van der Waals surface area contributed by atoms with Crippen LogP contribution in [-0.4, -0.2) is 44.3 Å². The first kappa shape index (κ1) is 14.9. The highest BCUT2D eigenvalue weighted by Gasteiger charge is 2.20. The second-order valence-corrected chi connectivity index (χ2v) is 5.78. The SMILES string of the molecule is COCCC(N)CN1CCCC(C(C)C)CC1. The highest BCUT2D eigenvalue weighted by atomic mass is 16.5. The fourth-order valence-corrected chi connectivity index (χ4v) is 2.72. The van der Waals surface area contributed by atoms with E-state index >= 15 is 0 Å². The van der Waals surface area contributed by atoms with Gasteiger partial charge in [-0.25, -0.2) is 0 Å². The number of nitrogens with zero attached hydrogens (tertiary/aromatic N) is 1. The number of hydrogen-bond donors (Lipinski definition) is 1. The van der Waals surface area contributed by atoms with Gasteiger partial charge in [0.25, 0.3) is 0 Å². The fraction of sp³-hybridized carbons (Fsp3) is 1.00. The van der Waals surface area contributed by atoms with Gasteiger partial charge in [0, 0.05) is 26.3 Å². The van der Waals surface area contributed by atoms with E-state index < -0.39 is 0 Å². The Morgan fingerprint density at radius 1 is 1.29 bits per heavy atom. The third-order valence-electron chi connectivity index (χ3n) is 3.99. The van der Waals surface area contributed by atoms with E-state index in [1.165, 1.54) is 32.4 Å². The maximum Gasteiger partial charge on any atom is 0.0477 e. The molecular weight excluding hydrogens is 212 g/mol. The first-order valence-electron chi connectivity index (χ1n) is 7.10. The summed E-state index contributed by atoms with van der Waals surface area (Å²) in [6.45, 7) is 8.97. The topological polar surface area (TPSA) is 38.5 Å². The van der Waals surface area contributed by atoms with Crippen LogP contribution < -0.4 is 5.73 Å². The average Bonchev–Trinajstić information content (AvgIpc) is 2.52. The predicted molar refractivity (Wildman–Crippen MR) is 73.1 cm³/mol. The van der Waals surface area contributed by atoms with E-state index in [1.54, 1.807) is 7.11 Å². The molecule has 1 rings (SSSR count). The Hall–Kier alpha value is -0.120. The summed E-state index contributed by atoms with van der Waals surface area (Å²) >= 11 is 0. The van der Waals surface area contributed by atoms with Crippen LogP contribution in [0.4, 0.5) is 0 Å². The second kappa shape index (κ2) is 8.06. The smallest absolute Gasteiger partial charge is 0.0477 e. The number of likely N-dealkylation sites (tertiary alicyclic amines) is 1. The van der Waals surface area contributed by atoms with E-state index in [9.17, 15) is 0 Å². The molecule has 2 N–H and O–H groups in total. The lowest BCUT2D eigenvalue weighted by molar-refractivity contribution is 0.175. The van der Waals surface area contributed by atoms with Crippen LogP contribution in [0.5, 0.6) is 0 Å². The standard InChI is InChI=1S/C14H30N2O/c1-12(2)13-5-4-8-16(9-6-13)11-14(15)7-10-17-3/h12-14H,4-11,15H2,1-3H3. The first-order valence-corrected chi connectivity index (χ1v) is 7.10. The van der Waals surface area contributed by atoms with E-state index in [0.29, 0.717) is 0 Å². The molecule has 1 heterocycles. The molecule has 0 aromatic heterocycles.